The highest BCUT2D eigenvalue weighted by atomic mass is 15.3. The van der Waals surface area contributed by atoms with Crippen molar-refractivity contribution in [3.05, 3.63) is 5.69 Å². The van der Waals surface area contributed by atoms with Gasteiger partial charge in [-0.25, -0.2) is 9.67 Å². The molecule has 0 radical (unpaired) electrons. The van der Waals surface area contributed by atoms with Crippen molar-refractivity contribution >= 4 is 17.7 Å². The summed E-state index contributed by atoms with van der Waals surface area (Å²) in [5.74, 6) is 0.803. The first-order valence-corrected chi connectivity index (χ1v) is 3.14. The Bertz CT molecular complexity index is 297. The third-order valence-electron chi connectivity index (χ3n) is 1.61. The van der Waals surface area contributed by atoms with E-state index in [1.54, 1.807) is 10.9 Å². The average Bonchev–Trinajstić information content (AvgIpc) is 2.41. The van der Waals surface area contributed by atoms with E-state index >= 15 is 0 Å². The van der Waals surface area contributed by atoms with Crippen molar-refractivity contribution in [3.8, 4) is 0 Å². The maximum absolute atomic E-state index is 5.66. The third-order valence-corrected chi connectivity index (χ3v) is 1.61. The summed E-state index contributed by atoms with van der Waals surface area (Å²) >= 11 is 0. The number of nitrogens with two attached hydrogens (primary N) is 1. The Hall–Kier alpha value is -1.32. The van der Waals surface area contributed by atoms with Gasteiger partial charge in [0.1, 0.15) is 0 Å². The molecule has 0 aliphatic carbocycles. The minimum atomic E-state index is 0.703. The number of aliphatic imine (C=N–C) groups is 1. The first kappa shape index (κ1) is 5.46. The van der Waals surface area contributed by atoms with E-state index in [1.807, 2.05) is 6.92 Å². The van der Waals surface area contributed by atoms with Crippen molar-refractivity contribution in [2.45, 2.75) is 13.5 Å². The van der Waals surface area contributed by atoms with Gasteiger partial charge in [0, 0.05) is 6.21 Å². The van der Waals surface area contributed by atoms with Crippen LogP contribution in [0.25, 0.3) is 0 Å². The van der Waals surface area contributed by atoms with Gasteiger partial charge in [0.25, 0.3) is 0 Å². The molecule has 1 aromatic rings. The van der Waals surface area contributed by atoms with E-state index in [0.717, 1.165) is 18.1 Å². The molecule has 10 heavy (non-hydrogen) atoms. The maximum Gasteiger partial charge on any atom is 0.174 e. The van der Waals surface area contributed by atoms with Gasteiger partial charge in [-0.2, -0.15) is 5.10 Å². The molecular weight excluding hydrogens is 128 g/mol. The van der Waals surface area contributed by atoms with E-state index in [2.05, 4.69) is 10.1 Å². The van der Waals surface area contributed by atoms with Gasteiger partial charge < -0.3 is 5.73 Å². The number of aromatic nitrogens is 2. The summed E-state index contributed by atoms with van der Waals surface area (Å²) in [6.45, 7) is 2.64. The van der Waals surface area contributed by atoms with Gasteiger partial charge in [-0.1, -0.05) is 0 Å². The van der Waals surface area contributed by atoms with E-state index in [4.69, 9.17) is 5.73 Å². The topological polar surface area (TPSA) is 56.2 Å². The molecule has 0 spiro atoms. The van der Waals surface area contributed by atoms with Crippen molar-refractivity contribution in [1.82, 2.24) is 9.78 Å². The molecule has 0 unspecified atom stereocenters. The fourth-order valence-electron chi connectivity index (χ4n) is 1.05. The molecular formula is C6H8N4. The zero-order valence-electron chi connectivity index (χ0n) is 5.70. The third kappa shape index (κ3) is 0.504. The Kier molecular flexibility index (Phi) is 0.869. The van der Waals surface area contributed by atoms with Crippen molar-refractivity contribution in [2.24, 2.45) is 4.99 Å². The van der Waals surface area contributed by atoms with E-state index in [-0.39, 0.29) is 0 Å². The lowest BCUT2D eigenvalue weighted by atomic mass is 10.4. The number of nitrogen functional groups attached to an aromatic ring is 1. The van der Waals surface area contributed by atoms with E-state index < -0.39 is 0 Å². The Morgan fingerprint density at radius 1 is 1.70 bits per heavy atom. The zero-order valence-corrected chi connectivity index (χ0v) is 5.70. The standard InChI is InChI=1S/C6H8N4/c1-4-5(7)6-8-2-3-10(6)9-4/h2H,3,7H2,1H3. The summed E-state index contributed by atoms with van der Waals surface area (Å²) in [6, 6.07) is 0. The number of hydrogen-bond donors (Lipinski definition) is 1. The first-order valence-electron chi connectivity index (χ1n) is 3.14. The number of anilines is 1. The SMILES string of the molecule is Cc1nn2c(c1N)N=CC2. The highest BCUT2D eigenvalue weighted by molar-refractivity contribution is 5.74. The van der Waals surface area contributed by atoms with Crippen LogP contribution in [0.15, 0.2) is 4.99 Å². The predicted octanol–water partition coefficient (Wildman–Crippen LogP) is 0.490. The highest BCUT2D eigenvalue weighted by Gasteiger charge is 2.13. The highest BCUT2D eigenvalue weighted by Crippen LogP contribution is 2.26. The Labute approximate surface area is 58.4 Å². The summed E-state index contributed by atoms with van der Waals surface area (Å²) in [5.41, 5.74) is 7.23. The molecule has 0 bridgehead atoms. The molecule has 2 N–H and O–H groups in total. The maximum atomic E-state index is 5.66. The molecule has 0 atom stereocenters. The van der Waals surface area contributed by atoms with Crippen molar-refractivity contribution in [3.63, 3.8) is 0 Å². The van der Waals surface area contributed by atoms with Crippen LogP contribution in [0.5, 0.6) is 0 Å². The summed E-state index contributed by atoms with van der Waals surface area (Å²) in [4.78, 5) is 4.07. The van der Waals surface area contributed by atoms with Crippen LogP contribution in [0.2, 0.25) is 0 Å². The number of rotatable bonds is 0. The second-order valence-electron chi connectivity index (χ2n) is 2.32. The van der Waals surface area contributed by atoms with Gasteiger partial charge in [0.05, 0.1) is 17.9 Å². The molecule has 1 aliphatic rings. The second kappa shape index (κ2) is 1.59. The molecule has 4 nitrogen and oxygen atoms in total. The van der Waals surface area contributed by atoms with E-state index in [9.17, 15) is 0 Å². The second-order valence-corrected chi connectivity index (χ2v) is 2.32. The van der Waals surface area contributed by atoms with Crippen LogP contribution in [0.1, 0.15) is 5.69 Å². The normalized spacial score (nSPS) is 14.1. The van der Waals surface area contributed by atoms with Crippen LogP contribution in [0.3, 0.4) is 0 Å². The number of aryl methyl sites for hydroxylation is 1. The van der Waals surface area contributed by atoms with Gasteiger partial charge in [-0.3, -0.25) is 0 Å². The molecule has 2 rings (SSSR count). The van der Waals surface area contributed by atoms with Gasteiger partial charge in [0.2, 0.25) is 0 Å². The number of fused-ring (bicyclic) bond motifs is 1. The number of hydrogen-bond acceptors (Lipinski definition) is 3. The lowest BCUT2D eigenvalue weighted by molar-refractivity contribution is 0.746. The van der Waals surface area contributed by atoms with Crippen molar-refractivity contribution in [1.29, 1.82) is 0 Å². The predicted molar refractivity (Wildman–Crippen MR) is 39.5 cm³/mol. The largest absolute Gasteiger partial charge is 0.394 e. The first-order chi connectivity index (χ1) is 4.79. The van der Waals surface area contributed by atoms with E-state index in [1.165, 1.54) is 0 Å². The molecule has 1 aliphatic heterocycles. The van der Waals surface area contributed by atoms with E-state index in [0.29, 0.717) is 5.69 Å². The minimum Gasteiger partial charge on any atom is -0.394 e. The minimum absolute atomic E-state index is 0.703. The summed E-state index contributed by atoms with van der Waals surface area (Å²) in [6.07, 6.45) is 1.80. The molecule has 0 amide bonds. The smallest absolute Gasteiger partial charge is 0.174 e. The van der Waals surface area contributed by atoms with Gasteiger partial charge in [-0.15, -0.1) is 0 Å². The molecule has 0 aromatic carbocycles. The fourth-order valence-corrected chi connectivity index (χ4v) is 1.05. The van der Waals surface area contributed by atoms with Crippen molar-refractivity contribution in [2.75, 3.05) is 5.73 Å². The van der Waals surface area contributed by atoms with Crippen LogP contribution in [-0.2, 0) is 6.54 Å². The Morgan fingerprint density at radius 2 is 2.50 bits per heavy atom. The molecule has 1 aromatic heterocycles. The molecule has 4 heteroatoms. The molecule has 2 heterocycles. The molecule has 0 saturated carbocycles. The average molecular weight is 136 g/mol. The fraction of sp³-hybridized carbons (Fsp3) is 0.333. The quantitative estimate of drug-likeness (QED) is 0.564. The molecule has 0 saturated heterocycles. The summed E-state index contributed by atoms with van der Waals surface area (Å²) in [7, 11) is 0. The molecule has 0 fully saturated rings. The van der Waals surface area contributed by atoms with Crippen molar-refractivity contribution < 1.29 is 0 Å². The lowest BCUT2D eigenvalue weighted by Crippen LogP contribution is -1.94. The number of nitrogens with zero attached hydrogens (tertiary/aromatic N) is 3. The van der Waals surface area contributed by atoms with Crippen LogP contribution in [-0.4, -0.2) is 16.0 Å². The van der Waals surface area contributed by atoms with Gasteiger partial charge in [-0.05, 0) is 6.92 Å². The van der Waals surface area contributed by atoms with Crippen LogP contribution >= 0.6 is 0 Å². The Balaban J connectivity index is 2.69. The summed E-state index contributed by atoms with van der Waals surface area (Å²) < 4.78 is 1.80. The monoisotopic (exact) mass is 136 g/mol. The van der Waals surface area contributed by atoms with Crippen LogP contribution in [0.4, 0.5) is 11.5 Å². The zero-order chi connectivity index (χ0) is 7.14. The van der Waals surface area contributed by atoms with Gasteiger partial charge >= 0.3 is 0 Å². The Morgan fingerprint density at radius 3 is 3.20 bits per heavy atom. The van der Waals surface area contributed by atoms with Gasteiger partial charge in [0.15, 0.2) is 5.82 Å². The molecule has 52 valence electrons. The van der Waals surface area contributed by atoms with Crippen LogP contribution in [0, 0.1) is 6.92 Å². The van der Waals surface area contributed by atoms with Crippen LogP contribution < -0.4 is 5.73 Å². The summed E-state index contributed by atoms with van der Waals surface area (Å²) in [5, 5.41) is 4.16. The lowest BCUT2D eigenvalue weighted by Gasteiger charge is -1.88.